The van der Waals surface area contributed by atoms with Gasteiger partial charge >= 0.3 is 0 Å². The highest BCUT2D eigenvalue weighted by atomic mass is 32.1. The minimum absolute atomic E-state index is 0.0787. The summed E-state index contributed by atoms with van der Waals surface area (Å²) in [5.41, 5.74) is 5.56. The smallest absolute Gasteiger partial charge is 0.123 e. The Morgan fingerprint density at radius 2 is 1.65 bits per heavy atom. The third-order valence-electron chi connectivity index (χ3n) is 3.44. The van der Waals surface area contributed by atoms with Gasteiger partial charge in [0, 0.05) is 16.5 Å². The van der Waals surface area contributed by atoms with E-state index in [9.17, 15) is 5.11 Å². The molecular formula is C17H23NOS. The topological polar surface area (TPSA) is 33.1 Å². The molecule has 0 spiro atoms. The van der Waals surface area contributed by atoms with Crippen LogP contribution in [-0.2, 0) is 10.8 Å². The number of phenolic OH excluding ortho intramolecular Hbond substituents is 1. The van der Waals surface area contributed by atoms with Crippen molar-refractivity contribution in [2.45, 2.75) is 52.4 Å². The van der Waals surface area contributed by atoms with Crippen LogP contribution < -0.4 is 0 Å². The van der Waals surface area contributed by atoms with E-state index < -0.39 is 0 Å². The van der Waals surface area contributed by atoms with E-state index >= 15 is 0 Å². The number of thiazole rings is 1. The van der Waals surface area contributed by atoms with Crippen LogP contribution in [0.2, 0.25) is 0 Å². The molecule has 1 aromatic carbocycles. The average molecular weight is 289 g/mol. The molecule has 0 unspecified atom stereocenters. The Hall–Kier alpha value is -1.35. The number of hydrogen-bond acceptors (Lipinski definition) is 3. The molecular weight excluding hydrogens is 266 g/mol. The number of hydrogen-bond donors (Lipinski definition) is 1. The lowest BCUT2D eigenvalue weighted by Crippen LogP contribution is -2.18. The van der Waals surface area contributed by atoms with Gasteiger partial charge in [0.05, 0.1) is 11.2 Å². The molecule has 1 N–H and O–H groups in total. The molecule has 0 saturated carbocycles. The highest BCUT2D eigenvalue weighted by molar-refractivity contribution is 7.07. The highest BCUT2D eigenvalue weighted by Crippen LogP contribution is 2.44. The second-order valence-electron chi connectivity index (χ2n) is 7.26. The Bertz CT molecular complexity index is 601. The van der Waals surface area contributed by atoms with E-state index in [2.05, 4.69) is 52.6 Å². The molecule has 0 bridgehead atoms. The van der Waals surface area contributed by atoms with Crippen LogP contribution in [0.15, 0.2) is 23.0 Å². The predicted octanol–water partition coefficient (Wildman–Crippen LogP) is 5.11. The zero-order valence-electron chi connectivity index (χ0n) is 13.1. The van der Waals surface area contributed by atoms with Crippen molar-refractivity contribution in [3.8, 4) is 17.0 Å². The van der Waals surface area contributed by atoms with Crippen molar-refractivity contribution in [1.82, 2.24) is 4.98 Å². The van der Waals surface area contributed by atoms with Gasteiger partial charge in [0.2, 0.25) is 0 Å². The standard InChI is InChI=1S/C17H23NOS/c1-16(2,3)12-8-7-11(13-9-20-10-18-13)14(15(12)19)17(4,5)6/h7-10,19H,1-6H3. The Kier molecular flexibility index (Phi) is 3.67. The second-order valence-corrected chi connectivity index (χ2v) is 7.98. The maximum Gasteiger partial charge on any atom is 0.123 e. The first-order valence-electron chi connectivity index (χ1n) is 6.88. The van der Waals surface area contributed by atoms with Gasteiger partial charge in [-0.05, 0) is 16.4 Å². The Labute approximate surface area is 125 Å². The first kappa shape index (κ1) is 15.0. The second kappa shape index (κ2) is 4.88. The first-order chi connectivity index (χ1) is 9.12. The number of rotatable bonds is 1. The molecule has 0 amide bonds. The Balaban J connectivity index is 2.76. The Morgan fingerprint density at radius 1 is 1.00 bits per heavy atom. The minimum Gasteiger partial charge on any atom is -0.507 e. The zero-order chi connectivity index (χ0) is 15.1. The SMILES string of the molecule is CC(C)(C)c1ccc(-c2cscn2)c(C(C)(C)C)c1O. The van der Waals surface area contributed by atoms with Crippen LogP contribution in [0.25, 0.3) is 11.3 Å². The summed E-state index contributed by atoms with van der Waals surface area (Å²) >= 11 is 1.58. The summed E-state index contributed by atoms with van der Waals surface area (Å²) in [6.07, 6.45) is 0. The zero-order valence-corrected chi connectivity index (χ0v) is 13.9. The van der Waals surface area contributed by atoms with Crippen LogP contribution in [0.1, 0.15) is 52.7 Å². The lowest BCUT2D eigenvalue weighted by molar-refractivity contribution is 0.424. The predicted molar refractivity (Wildman–Crippen MR) is 86.6 cm³/mol. The molecule has 0 atom stereocenters. The van der Waals surface area contributed by atoms with Crippen LogP contribution in [0, 0.1) is 0 Å². The lowest BCUT2D eigenvalue weighted by atomic mass is 9.77. The highest BCUT2D eigenvalue weighted by Gasteiger charge is 2.28. The van der Waals surface area contributed by atoms with E-state index in [1.54, 1.807) is 11.3 Å². The molecule has 0 aliphatic heterocycles. The van der Waals surface area contributed by atoms with Gasteiger partial charge in [0.25, 0.3) is 0 Å². The van der Waals surface area contributed by atoms with Crippen molar-refractivity contribution in [3.63, 3.8) is 0 Å². The van der Waals surface area contributed by atoms with E-state index in [-0.39, 0.29) is 10.8 Å². The normalized spacial score (nSPS) is 12.7. The van der Waals surface area contributed by atoms with Crippen molar-refractivity contribution in [2.24, 2.45) is 0 Å². The molecule has 108 valence electrons. The van der Waals surface area contributed by atoms with E-state index in [1.807, 2.05) is 17.0 Å². The fourth-order valence-corrected chi connectivity index (χ4v) is 3.07. The van der Waals surface area contributed by atoms with Crippen LogP contribution in [0.3, 0.4) is 0 Å². The maximum absolute atomic E-state index is 10.8. The van der Waals surface area contributed by atoms with Crippen LogP contribution in [-0.4, -0.2) is 10.1 Å². The van der Waals surface area contributed by atoms with E-state index in [0.29, 0.717) is 5.75 Å². The van der Waals surface area contributed by atoms with E-state index in [0.717, 1.165) is 22.4 Å². The summed E-state index contributed by atoms with van der Waals surface area (Å²) in [6, 6.07) is 4.12. The third-order valence-corrected chi connectivity index (χ3v) is 4.03. The molecule has 1 heterocycles. The van der Waals surface area contributed by atoms with Crippen molar-refractivity contribution < 1.29 is 5.11 Å². The van der Waals surface area contributed by atoms with Gasteiger partial charge in [-0.2, -0.15) is 0 Å². The van der Waals surface area contributed by atoms with Crippen LogP contribution in [0.4, 0.5) is 0 Å². The van der Waals surface area contributed by atoms with Crippen LogP contribution >= 0.6 is 11.3 Å². The number of aromatic hydroxyl groups is 1. The molecule has 2 nitrogen and oxygen atoms in total. The molecule has 2 rings (SSSR count). The van der Waals surface area contributed by atoms with Gasteiger partial charge in [-0.25, -0.2) is 4.98 Å². The fourth-order valence-electron chi connectivity index (χ4n) is 2.51. The summed E-state index contributed by atoms with van der Waals surface area (Å²) < 4.78 is 0. The van der Waals surface area contributed by atoms with E-state index in [1.165, 1.54) is 0 Å². The summed E-state index contributed by atoms with van der Waals surface area (Å²) in [5, 5.41) is 12.8. The number of aromatic nitrogens is 1. The largest absolute Gasteiger partial charge is 0.507 e. The van der Waals surface area contributed by atoms with Gasteiger partial charge < -0.3 is 5.11 Å². The van der Waals surface area contributed by atoms with Gasteiger partial charge in [0.1, 0.15) is 5.75 Å². The fraction of sp³-hybridized carbons (Fsp3) is 0.471. The molecule has 0 aliphatic rings. The van der Waals surface area contributed by atoms with Gasteiger partial charge in [0.15, 0.2) is 0 Å². The molecule has 3 heteroatoms. The lowest BCUT2D eigenvalue weighted by Gasteiger charge is -2.29. The third kappa shape index (κ3) is 2.73. The summed E-state index contributed by atoms with van der Waals surface area (Å²) in [6.45, 7) is 12.8. The summed E-state index contributed by atoms with van der Waals surface area (Å²) in [7, 11) is 0. The molecule has 0 fully saturated rings. The molecule has 2 aromatic rings. The van der Waals surface area contributed by atoms with Gasteiger partial charge in [-0.3, -0.25) is 0 Å². The van der Waals surface area contributed by atoms with Gasteiger partial charge in [-0.15, -0.1) is 11.3 Å². The van der Waals surface area contributed by atoms with Crippen molar-refractivity contribution in [3.05, 3.63) is 34.2 Å². The van der Waals surface area contributed by atoms with Crippen molar-refractivity contribution >= 4 is 11.3 Å². The van der Waals surface area contributed by atoms with Crippen molar-refractivity contribution in [2.75, 3.05) is 0 Å². The summed E-state index contributed by atoms with van der Waals surface area (Å²) in [5.74, 6) is 0.413. The molecule has 0 saturated heterocycles. The van der Waals surface area contributed by atoms with E-state index in [4.69, 9.17) is 0 Å². The maximum atomic E-state index is 10.8. The first-order valence-corrected chi connectivity index (χ1v) is 7.82. The van der Waals surface area contributed by atoms with Crippen molar-refractivity contribution in [1.29, 1.82) is 0 Å². The number of benzene rings is 1. The average Bonchev–Trinajstić information content (AvgIpc) is 2.77. The Morgan fingerprint density at radius 3 is 2.10 bits per heavy atom. The van der Waals surface area contributed by atoms with Crippen LogP contribution in [0.5, 0.6) is 5.75 Å². The molecule has 0 aliphatic carbocycles. The molecule has 20 heavy (non-hydrogen) atoms. The molecule has 0 radical (unpaired) electrons. The van der Waals surface area contributed by atoms with Gasteiger partial charge in [-0.1, -0.05) is 53.7 Å². The molecule has 1 aromatic heterocycles. The quantitative estimate of drug-likeness (QED) is 0.791. The number of nitrogens with zero attached hydrogens (tertiary/aromatic N) is 1. The summed E-state index contributed by atoms with van der Waals surface area (Å²) in [4.78, 5) is 4.40. The minimum atomic E-state index is -0.135. The number of phenols is 1. The monoisotopic (exact) mass is 289 g/mol.